The van der Waals surface area contributed by atoms with Crippen molar-refractivity contribution in [3.8, 4) is 11.5 Å². The quantitative estimate of drug-likeness (QED) is 0.513. The molecule has 0 aromatic heterocycles. The smallest absolute Gasteiger partial charge is 0.262 e. The molecule has 0 fully saturated rings. The highest BCUT2D eigenvalue weighted by molar-refractivity contribution is 14.1. The van der Waals surface area contributed by atoms with Crippen LogP contribution in [0.2, 0.25) is 0 Å². The molecule has 0 bridgehead atoms. The summed E-state index contributed by atoms with van der Waals surface area (Å²) < 4.78 is 20.0. The minimum absolute atomic E-state index is 0.0781. The summed E-state index contributed by atoms with van der Waals surface area (Å²) in [5.41, 5.74) is 1.95. The maximum Gasteiger partial charge on any atom is 0.262 e. The van der Waals surface area contributed by atoms with E-state index in [0.717, 1.165) is 3.57 Å². The Hall–Kier alpha value is -2.81. The van der Waals surface area contributed by atoms with Gasteiger partial charge in [0.05, 0.1) is 12.7 Å². The molecule has 0 spiro atoms. The zero-order chi connectivity index (χ0) is 19.8. The van der Waals surface area contributed by atoms with Crippen molar-refractivity contribution in [3.05, 3.63) is 81.2 Å². The van der Waals surface area contributed by atoms with E-state index < -0.39 is 12.0 Å². The maximum absolute atomic E-state index is 13.9. The number of phenolic OH excluding ortho intramolecular Hbond substituents is 1. The van der Waals surface area contributed by atoms with Crippen molar-refractivity contribution in [2.45, 2.75) is 6.17 Å². The highest BCUT2D eigenvalue weighted by atomic mass is 127. The number of phenols is 1. The molecule has 1 aliphatic heterocycles. The molecule has 28 heavy (non-hydrogen) atoms. The van der Waals surface area contributed by atoms with Crippen LogP contribution >= 0.6 is 22.6 Å². The summed E-state index contributed by atoms with van der Waals surface area (Å²) in [6.07, 6.45) is -0.739. The normalized spacial score (nSPS) is 15.8. The lowest BCUT2D eigenvalue weighted by atomic mass is 10.0. The number of rotatable bonds is 3. The van der Waals surface area contributed by atoms with E-state index in [0.29, 0.717) is 28.3 Å². The number of anilines is 2. The zero-order valence-corrected chi connectivity index (χ0v) is 17.0. The van der Waals surface area contributed by atoms with Gasteiger partial charge < -0.3 is 15.2 Å². The minimum atomic E-state index is -0.739. The lowest BCUT2D eigenvalue weighted by Gasteiger charge is -2.38. The highest BCUT2D eigenvalue weighted by Gasteiger charge is 2.36. The van der Waals surface area contributed by atoms with Crippen LogP contribution in [0.3, 0.4) is 0 Å². The van der Waals surface area contributed by atoms with Gasteiger partial charge in [-0.2, -0.15) is 0 Å². The van der Waals surface area contributed by atoms with Crippen molar-refractivity contribution in [3.63, 3.8) is 0 Å². The Morgan fingerprint density at radius 2 is 1.93 bits per heavy atom. The molecule has 1 heterocycles. The average molecular weight is 490 g/mol. The van der Waals surface area contributed by atoms with Gasteiger partial charge in [-0.05, 0) is 65.1 Å². The molecule has 0 saturated carbocycles. The topological polar surface area (TPSA) is 61.8 Å². The number of fused-ring (bicyclic) bond motifs is 1. The molecule has 0 radical (unpaired) electrons. The fourth-order valence-electron chi connectivity index (χ4n) is 3.31. The number of ether oxygens (including phenoxy) is 1. The Morgan fingerprint density at radius 3 is 2.68 bits per heavy atom. The molecule has 1 aliphatic rings. The molecule has 7 heteroatoms. The van der Waals surface area contributed by atoms with E-state index in [2.05, 4.69) is 27.9 Å². The standard InChI is InChI=1S/C21H16FIN2O3/c1-28-18-7-3-6-15(19(18)26)20-24-17-9-8-13(23)11-16(17)21(27)25(20)14-5-2-4-12(22)10-14/h2-11,20,24,26H,1H3/t20-/m0/s1. The van der Waals surface area contributed by atoms with E-state index in [1.165, 1.54) is 24.1 Å². The molecule has 3 aromatic carbocycles. The summed E-state index contributed by atoms with van der Waals surface area (Å²) in [6.45, 7) is 0. The highest BCUT2D eigenvalue weighted by Crippen LogP contribution is 2.42. The molecular formula is C21H16FIN2O3. The van der Waals surface area contributed by atoms with Crippen molar-refractivity contribution in [2.75, 3.05) is 17.3 Å². The second kappa shape index (κ2) is 7.31. The van der Waals surface area contributed by atoms with Crippen molar-refractivity contribution in [1.82, 2.24) is 0 Å². The Bertz CT molecular complexity index is 1070. The fraction of sp³-hybridized carbons (Fsp3) is 0.0952. The van der Waals surface area contributed by atoms with E-state index in [9.17, 15) is 14.3 Å². The first-order valence-corrected chi connectivity index (χ1v) is 9.58. The molecule has 4 rings (SSSR count). The zero-order valence-electron chi connectivity index (χ0n) is 14.8. The third kappa shape index (κ3) is 3.15. The second-order valence-corrected chi connectivity index (χ2v) is 7.54. The van der Waals surface area contributed by atoms with Gasteiger partial charge in [0.25, 0.3) is 5.91 Å². The van der Waals surface area contributed by atoms with Gasteiger partial charge in [0.15, 0.2) is 11.5 Å². The summed E-state index contributed by atoms with van der Waals surface area (Å²) in [6, 6.07) is 16.4. The first kappa shape index (κ1) is 18.5. The number of para-hydroxylation sites is 1. The van der Waals surface area contributed by atoms with Gasteiger partial charge in [-0.15, -0.1) is 0 Å². The number of benzene rings is 3. The molecule has 2 N–H and O–H groups in total. The number of nitrogens with zero attached hydrogens (tertiary/aromatic N) is 1. The van der Waals surface area contributed by atoms with Crippen molar-refractivity contribution < 1.29 is 19.0 Å². The number of nitrogens with one attached hydrogen (secondary N) is 1. The van der Waals surface area contributed by atoms with Crippen LogP contribution in [0.5, 0.6) is 11.5 Å². The first-order valence-electron chi connectivity index (χ1n) is 8.50. The van der Waals surface area contributed by atoms with Gasteiger partial charge in [0.2, 0.25) is 0 Å². The van der Waals surface area contributed by atoms with Crippen LogP contribution in [-0.2, 0) is 0 Å². The van der Waals surface area contributed by atoms with Gasteiger partial charge in [-0.3, -0.25) is 9.69 Å². The Kier molecular flexibility index (Phi) is 4.84. The summed E-state index contributed by atoms with van der Waals surface area (Å²) in [5.74, 6) is -0.526. The number of aromatic hydroxyl groups is 1. The summed E-state index contributed by atoms with van der Waals surface area (Å²) in [5, 5.41) is 14.0. The number of carbonyl (C=O) groups is 1. The van der Waals surface area contributed by atoms with Gasteiger partial charge in [-0.1, -0.05) is 18.2 Å². The van der Waals surface area contributed by atoms with Crippen LogP contribution in [-0.4, -0.2) is 18.1 Å². The summed E-state index contributed by atoms with van der Waals surface area (Å²) in [4.78, 5) is 14.8. The van der Waals surface area contributed by atoms with Gasteiger partial charge in [-0.25, -0.2) is 4.39 Å². The molecule has 0 unspecified atom stereocenters. The number of amides is 1. The van der Waals surface area contributed by atoms with Crippen LogP contribution in [0, 0.1) is 9.39 Å². The maximum atomic E-state index is 13.9. The molecule has 3 aromatic rings. The van der Waals surface area contributed by atoms with Crippen LogP contribution in [0.1, 0.15) is 22.1 Å². The predicted octanol–water partition coefficient (Wildman–Crippen LogP) is 4.92. The lowest BCUT2D eigenvalue weighted by Crippen LogP contribution is -2.43. The number of halogens is 2. The summed E-state index contributed by atoms with van der Waals surface area (Å²) >= 11 is 2.14. The second-order valence-electron chi connectivity index (χ2n) is 6.29. The van der Waals surface area contributed by atoms with E-state index in [1.54, 1.807) is 36.4 Å². The minimum Gasteiger partial charge on any atom is -0.504 e. The SMILES string of the molecule is COc1cccc([C@H]2Nc3ccc(I)cc3C(=O)N2c2cccc(F)c2)c1O. The molecule has 1 atom stereocenters. The first-order chi connectivity index (χ1) is 13.5. The molecule has 142 valence electrons. The fourth-order valence-corrected chi connectivity index (χ4v) is 3.80. The Morgan fingerprint density at radius 1 is 1.14 bits per heavy atom. The molecule has 5 nitrogen and oxygen atoms in total. The van der Waals surface area contributed by atoms with Crippen LogP contribution < -0.4 is 15.0 Å². The molecular weight excluding hydrogens is 474 g/mol. The Balaban J connectivity index is 1.92. The summed E-state index contributed by atoms with van der Waals surface area (Å²) in [7, 11) is 1.46. The van der Waals surface area contributed by atoms with Crippen molar-refractivity contribution in [2.24, 2.45) is 0 Å². The number of carbonyl (C=O) groups excluding carboxylic acids is 1. The van der Waals surface area contributed by atoms with E-state index in [4.69, 9.17) is 4.74 Å². The molecule has 0 aliphatic carbocycles. The number of hydrogen-bond acceptors (Lipinski definition) is 4. The van der Waals surface area contributed by atoms with Crippen LogP contribution in [0.15, 0.2) is 60.7 Å². The average Bonchev–Trinajstić information content (AvgIpc) is 2.68. The largest absolute Gasteiger partial charge is 0.504 e. The monoisotopic (exact) mass is 490 g/mol. The number of hydrogen-bond donors (Lipinski definition) is 2. The van der Waals surface area contributed by atoms with E-state index >= 15 is 0 Å². The van der Waals surface area contributed by atoms with Crippen LogP contribution in [0.25, 0.3) is 0 Å². The lowest BCUT2D eigenvalue weighted by molar-refractivity contribution is 0.0974. The van der Waals surface area contributed by atoms with Crippen molar-refractivity contribution >= 4 is 39.9 Å². The van der Waals surface area contributed by atoms with Gasteiger partial charge >= 0.3 is 0 Å². The van der Waals surface area contributed by atoms with Gasteiger partial charge in [0, 0.05) is 20.5 Å². The third-order valence-electron chi connectivity index (χ3n) is 4.61. The van der Waals surface area contributed by atoms with E-state index in [1.807, 2.05) is 12.1 Å². The molecule has 0 saturated heterocycles. The molecule has 1 amide bonds. The number of methoxy groups -OCH3 is 1. The third-order valence-corrected chi connectivity index (χ3v) is 5.28. The van der Waals surface area contributed by atoms with Crippen LogP contribution in [0.4, 0.5) is 15.8 Å². The van der Waals surface area contributed by atoms with Gasteiger partial charge in [0.1, 0.15) is 12.0 Å². The van der Waals surface area contributed by atoms with E-state index in [-0.39, 0.29) is 11.7 Å². The predicted molar refractivity (Wildman–Crippen MR) is 113 cm³/mol. The van der Waals surface area contributed by atoms with Crippen molar-refractivity contribution in [1.29, 1.82) is 0 Å². The Labute approximate surface area is 174 Å².